The Morgan fingerprint density at radius 3 is 2.90 bits per heavy atom. The van der Waals surface area contributed by atoms with E-state index in [-0.39, 0.29) is 11.9 Å². The average Bonchev–Trinajstić information content (AvgIpc) is 2.95. The normalized spacial score (nSPS) is 18.4. The minimum atomic E-state index is -0.134. The zero-order chi connectivity index (χ0) is 14.1. The van der Waals surface area contributed by atoms with E-state index in [1.165, 1.54) is 0 Å². The molecule has 20 heavy (non-hydrogen) atoms. The molecule has 0 spiro atoms. The molecule has 1 aromatic carbocycles. The number of hydrogen-bond donors (Lipinski definition) is 1. The largest absolute Gasteiger partial charge is 0.392 e. The van der Waals surface area contributed by atoms with E-state index in [4.69, 9.17) is 18.0 Å². The van der Waals surface area contributed by atoms with E-state index in [2.05, 4.69) is 4.98 Å². The third-order valence-corrected chi connectivity index (χ3v) is 3.93. The molecule has 1 aliphatic heterocycles. The van der Waals surface area contributed by atoms with Crippen molar-refractivity contribution < 1.29 is 4.79 Å². The summed E-state index contributed by atoms with van der Waals surface area (Å²) in [5, 5.41) is 1.02. The summed E-state index contributed by atoms with van der Waals surface area (Å²) in [6.07, 6.45) is 1.77. The molecule has 102 valence electrons. The molecule has 0 radical (unpaired) electrons. The molecule has 0 bridgehead atoms. The molecule has 1 fully saturated rings. The van der Waals surface area contributed by atoms with Crippen LogP contribution in [0.2, 0.25) is 0 Å². The molecule has 2 heterocycles. The number of nitrogens with two attached hydrogens (primary N) is 1. The van der Waals surface area contributed by atoms with Crippen molar-refractivity contribution in [1.82, 2.24) is 9.88 Å². The Hall–Kier alpha value is -2.01. The van der Waals surface area contributed by atoms with Crippen molar-refractivity contribution in [2.24, 2.45) is 5.73 Å². The maximum Gasteiger partial charge on any atom is 0.273 e. The Morgan fingerprint density at radius 1 is 1.30 bits per heavy atom. The standard InChI is InChI=1S/C15H15N3OS/c16-14(20)13-6-3-9-18(13)15(19)12-8-7-10-4-1-2-5-11(10)17-12/h1-2,4-5,7-8,13H,3,6,9H2,(H2,16,20). The van der Waals surface area contributed by atoms with Gasteiger partial charge in [-0.15, -0.1) is 0 Å². The van der Waals surface area contributed by atoms with Crippen molar-refractivity contribution in [3.63, 3.8) is 0 Å². The molecule has 1 unspecified atom stereocenters. The Kier molecular flexibility index (Phi) is 3.36. The molecule has 2 aromatic rings. The monoisotopic (exact) mass is 285 g/mol. The number of pyridine rings is 1. The highest BCUT2D eigenvalue weighted by Gasteiger charge is 2.31. The summed E-state index contributed by atoms with van der Waals surface area (Å²) >= 11 is 5.04. The molecular weight excluding hydrogens is 270 g/mol. The number of thiocarbonyl (C=S) groups is 1. The molecule has 1 atom stereocenters. The lowest BCUT2D eigenvalue weighted by Crippen LogP contribution is -2.43. The zero-order valence-electron chi connectivity index (χ0n) is 11.0. The van der Waals surface area contributed by atoms with Crippen LogP contribution in [0.5, 0.6) is 0 Å². The lowest BCUT2D eigenvalue weighted by molar-refractivity contribution is 0.0765. The van der Waals surface area contributed by atoms with E-state index in [1.807, 2.05) is 30.3 Å². The van der Waals surface area contributed by atoms with Crippen molar-refractivity contribution in [2.45, 2.75) is 18.9 Å². The number of amides is 1. The first-order chi connectivity index (χ1) is 9.66. The summed E-state index contributed by atoms with van der Waals surface area (Å²) in [6, 6.07) is 11.3. The van der Waals surface area contributed by atoms with E-state index in [1.54, 1.807) is 11.0 Å². The second-order valence-corrected chi connectivity index (χ2v) is 5.42. The van der Waals surface area contributed by atoms with Crippen LogP contribution in [0.15, 0.2) is 36.4 Å². The molecule has 2 N–H and O–H groups in total. The molecule has 0 aliphatic carbocycles. The number of rotatable bonds is 2. The van der Waals surface area contributed by atoms with Gasteiger partial charge in [-0.1, -0.05) is 36.5 Å². The minimum absolute atomic E-state index is 0.0916. The summed E-state index contributed by atoms with van der Waals surface area (Å²) in [6.45, 7) is 0.690. The quantitative estimate of drug-likeness (QED) is 0.859. The fourth-order valence-corrected chi connectivity index (χ4v) is 2.88. The van der Waals surface area contributed by atoms with E-state index >= 15 is 0 Å². The van der Waals surface area contributed by atoms with Gasteiger partial charge in [0.2, 0.25) is 0 Å². The highest BCUT2D eigenvalue weighted by atomic mass is 32.1. The average molecular weight is 285 g/mol. The first kappa shape index (κ1) is 13.0. The highest BCUT2D eigenvalue weighted by Crippen LogP contribution is 2.21. The van der Waals surface area contributed by atoms with Crippen molar-refractivity contribution in [3.8, 4) is 0 Å². The van der Waals surface area contributed by atoms with Gasteiger partial charge in [-0.3, -0.25) is 4.79 Å². The molecule has 1 aromatic heterocycles. The SMILES string of the molecule is NC(=S)C1CCCN1C(=O)c1ccc2ccccc2n1. The smallest absolute Gasteiger partial charge is 0.273 e. The number of nitrogens with zero attached hydrogens (tertiary/aromatic N) is 2. The fraction of sp³-hybridized carbons (Fsp3) is 0.267. The first-order valence-corrected chi connectivity index (χ1v) is 7.04. The number of carbonyl (C=O) groups excluding carboxylic acids is 1. The van der Waals surface area contributed by atoms with Crippen LogP contribution in [0.25, 0.3) is 10.9 Å². The molecule has 3 rings (SSSR count). The van der Waals surface area contributed by atoms with Crippen LogP contribution in [-0.2, 0) is 0 Å². The van der Waals surface area contributed by atoms with Gasteiger partial charge < -0.3 is 10.6 Å². The number of aromatic nitrogens is 1. The summed E-state index contributed by atoms with van der Waals surface area (Å²) in [5.41, 5.74) is 6.99. The molecule has 4 nitrogen and oxygen atoms in total. The van der Waals surface area contributed by atoms with Gasteiger partial charge in [0.15, 0.2) is 0 Å². The Bertz CT molecular complexity index is 686. The van der Waals surface area contributed by atoms with E-state index < -0.39 is 0 Å². The van der Waals surface area contributed by atoms with Crippen LogP contribution >= 0.6 is 12.2 Å². The van der Waals surface area contributed by atoms with Crippen molar-refractivity contribution >= 4 is 34.0 Å². The summed E-state index contributed by atoms with van der Waals surface area (Å²) in [7, 11) is 0. The maximum absolute atomic E-state index is 12.6. The number of carbonyl (C=O) groups is 1. The Morgan fingerprint density at radius 2 is 2.10 bits per heavy atom. The van der Waals surface area contributed by atoms with Crippen molar-refractivity contribution in [3.05, 3.63) is 42.1 Å². The maximum atomic E-state index is 12.6. The number of hydrogen-bond acceptors (Lipinski definition) is 3. The van der Waals surface area contributed by atoms with Gasteiger partial charge >= 0.3 is 0 Å². The van der Waals surface area contributed by atoms with E-state index in [9.17, 15) is 4.79 Å². The predicted octanol–water partition coefficient (Wildman–Crippen LogP) is 2.13. The number of likely N-dealkylation sites (tertiary alicyclic amines) is 1. The van der Waals surface area contributed by atoms with E-state index in [0.29, 0.717) is 17.2 Å². The second-order valence-electron chi connectivity index (χ2n) is 4.95. The van der Waals surface area contributed by atoms with Gasteiger partial charge in [0.05, 0.1) is 16.5 Å². The topological polar surface area (TPSA) is 59.2 Å². The molecule has 1 amide bonds. The van der Waals surface area contributed by atoms with Gasteiger partial charge in [-0.05, 0) is 25.0 Å². The highest BCUT2D eigenvalue weighted by molar-refractivity contribution is 7.80. The van der Waals surface area contributed by atoms with E-state index in [0.717, 1.165) is 23.7 Å². The lowest BCUT2D eigenvalue weighted by Gasteiger charge is -2.23. The van der Waals surface area contributed by atoms with Crippen LogP contribution in [0.4, 0.5) is 0 Å². The van der Waals surface area contributed by atoms with Crippen LogP contribution in [-0.4, -0.2) is 33.4 Å². The molecule has 1 aliphatic rings. The molecule has 5 heteroatoms. The van der Waals surface area contributed by atoms with Gasteiger partial charge in [0.1, 0.15) is 5.69 Å². The third kappa shape index (κ3) is 2.25. The Labute approximate surface area is 122 Å². The van der Waals surface area contributed by atoms with Gasteiger partial charge in [-0.2, -0.15) is 0 Å². The fourth-order valence-electron chi connectivity index (χ4n) is 2.64. The molecule has 0 saturated carbocycles. The number of benzene rings is 1. The number of para-hydroxylation sites is 1. The first-order valence-electron chi connectivity index (χ1n) is 6.63. The summed E-state index contributed by atoms with van der Waals surface area (Å²) in [4.78, 5) is 19.1. The molecule has 1 saturated heterocycles. The van der Waals surface area contributed by atoms with Crippen LogP contribution < -0.4 is 5.73 Å². The van der Waals surface area contributed by atoms with Gasteiger partial charge in [0, 0.05) is 11.9 Å². The van der Waals surface area contributed by atoms with Gasteiger partial charge in [0.25, 0.3) is 5.91 Å². The van der Waals surface area contributed by atoms with Gasteiger partial charge in [-0.25, -0.2) is 4.98 Å². The minimum Gasteiger partial charge on any atom is -0.392 e. The predicted molar refractivity (Wildman–Crippen MR) is 82.6 cm³/mol. The molecular formula is C15H15N3OS. The van der Waals surface area contributed by atoms with Crippen LogP contribution in [0, 0.1) is 0 Å². The third-order valence-electron chi connectivity index (χ3n) is 3.66. The zero-order valence-corrected chi connectivity index (χ0v) is 11.8. The second kappa shape index (κ2) is 5.17. The lowest BCUT2D eigenvalue weighted by atomic mass is 10.2. The van der Waals surface area contributed by atoms with Crippen LogP contribution in [0.3, 0.4) is 0 Å². The van der Waals surface area contributed by atoms with Crippen molar-refractivity contribution in [2.75, 3.05) is 6.54 Å². The number of fused-ring (bicyclic) bond motifs is 1. The van der Waals surface area contributed by atoms with Crippen molar-refractivity contribution in [1.29, 1.82) is 0 Å². The van der Waals surface area contributed by atoms with Crippen LogP contribution in [0.1, 0.15) is 23.3 Å². The summed E-state index contributed by atoms with van der Waals surface area (Å²) in [5.74, 6) is -0.0916. The Balaban J connectivity index is 1.94. The summed E-state index contributed by atoms with van der Waals surface area (Å²) < 4.78 is 0.